The summed E-state index contributed by atoms with van der Waals surface area (Å²) in [6, 6.07) is 8.09. The molecule has 108 valence electrons. The minimum absolute atomic E-state index is 0.0802. The first kappa shape index (κ1) is 13.4. The van der Waals surface area contributed by atoms with Crippen LogP contribution in [-0.4, -0.2) is 19.2 Å². The van der Waals surface area contributed by atoms with Gasteiger partial charge in [0, 0.05) is 18.8 Å². The number of methoxy groups -OCH3 is 1. The maximum atomic E-state index is 12.1. The molecule has 4 heteroatoms. The number of rotatable bonds is 6. The third-order valence-electron chi connectivity index (χ3n) is 4.05. The van der Waals surface area contributed by atoms with Crippen LogP contribution in [0.25, 0.3) is 0 Å². The molecule has 1 aromatic carbocycles. The maximum absolute atomic E-state index is 12.1. The molecule has 0 saturated heterocycles. The third kappa shape index (κ3) is 3.51. The molecule has 0 radical (unpaired) electrons. The Morgan fingerprint density at radius 3 is 2.60 bits per heavy atom. The van der Waals surface area contributed by atoms with Crippen molar-refractivity contribution in [2.75, 3.05) is 12.4 Å². The second-order valence-electron chi connectivity index (χ2n) is 5.93. The van der Waals surface area contributed by atoms with Crippen LogP contribution in [0.2, 0.25) is 0 Å². The lowest BCUT2D eigenvalue weighted by molar-refractivity contribution is 0.185. The predicted molar refractivity (Wildman–Crippen MR) is 78.5 cm³/mol. The molecule has 0 aliphatic heterocycles. The highest BCUT2D eigenvalue weighted by atomic mass is 16.5. The zero-order valence-corrected chi connectivity index (χ0v) is 11.9. The molecule has 1 aromatic rings. The van der Waals surface area contributed by atoms with E-state index in [2.05, 4.69) is 10.6 Å². The Balaban J connectivity index is 1.56. The van der Waals surface area contributed by atoms with E-state index in [9.17, 15) is 4.79 Å². The van der Waals surface area contributed by atoms with Crippen molar-refractivity contribution in [3.05, 3.63) is 29.8 Å². The van der Waals surface area contributed by atoms with Crippen molar-refractivity contribution in [3.8, 4) is 0 Å². The van der Waals surface area contributed by atoms with Gasteiger partial charge < -0.3 is 15.4 Å². The van der Waals surface area contributed by atoms with Crippen molar-refractivity contribution in [2.45, 2.75) is 38.3 Å². The zero-order chi connectivity index (χ0) is 13.9. The van der Waals surface area contributed by atoms with Crippen molar-refractivity contribution >= 4 is 11.7 Å². The van der Waals surface area contributed by atoms with E-state index >= 15 is 0 Å². The Morgan fingerprint density at radius 1 is 1.30 bits per heavy atom. The van der Waals surface area contributed by atoms with Crippen molar-refractivity contribution < 1.29 is 9.53 Å². The van der Waals surface area contributed by atoms with Gasteiger partial charge in [-0.1, -0.05) is 12.1 Å². The van der Waals surface area contributed by atoms with E-state index in [0.29, 0.717) is 24.5 Å². The highest BCUT2D eigenvalue weighted by molar-refractivity contribution is 5.89. The molecule has 2 N–H and O–H groups in total. The fraction of sp³-hybridized carbons (Fsp3) is 0.562. The molecule has 2 fully saturated rings. The first-order chi connectivity index (χ1) is 9.76. The monoisotopic (exact) mass is 274 g/mol. The van der Waals surface area contributed by atoms with Crippen LogP contribution in [0.4, 0.5) is 10.5 Å². The van der Waals surface area contributed by atoms with Gasteiger partial charge in [-0.25, -0.2) is 4.79 Å². The van der Waals surface area contributed by atoms with Crippen LogP contribution in [0.15, 0.2) is 24.3 Å². The molecule has 0 atom stereocenters. The number of nitrogens with one attached hydrogen (secondary N) is 2. The molecule has 2 aliphatic carbocycles. The fourth-order valence-electron chi connectivity index (χ4n) is 2.76. The number of carbonyl (C=O) groups excluding carboxylic acids is 1. The van der Waals surface area contributed by atoms with Crippen LogP contribution in [0.3, 0.4) is 0 Å². The Morgan fingerprint density at radius 2 is 2.00 bits per heavy atom. The van der Waals surface area contributed by atoms with Crippen LogP contribution in [0.1, 0.15) is 31.2 Å². The minimum atomic E-state index is -0.0802. The lowest BCUT2D eigenvalue weighted by Gasteiger charge is -2.18. The van der Waals surface area contributed by atoms with Gasteiger partial charge in [0.2, 0.25) is 0 Å². The van der Waals surface area contributed by atoms with Crippen LogP contribution in [-0.2, 0) is 11.3 Å². The summed E-state index contributed by atoms with van der Waals surface area (Å²) in [6.45, 7) is 0.559. The number of hydrogen-bond acceptors (Lipinski definition) is 2. The van der Waals surface area contributed by atoms with Crippen LogP contribution < -0.4 is 10.6 Å². The molecule has 0 spiro atoms. The van der Waals surface area contributed by atoms with Crippen molar-refractivity contribution in [2.24, 2.45) is 11.8 Å². The van der Waals surface area contributed by atoms with Gasteiger partial charge in [-0.2, -0.15) is 0 Å². The molecular weight excluding hydrogens is 252 g/mol. The summed E-state index contributed by atoms with van der Waals surface area (Å²) in [5.41, 5.74) is 1.88. The molecule has 3 rings (SSSR count). The lowest BCUT2D eigenvalue weighted by Crippen LogP contribution is -2.40. The number of benzene rings is 1. The normalized spacial score (nSPS) is 18.1. The topological polar surface area (TPSA) is 50.4 Å². The quantitative estimate of drug-likeness (QED) is 0.837. The molecular formula is C16H22N2O2. The van der Waals surface area contributed by atoms with Gasteiger partial charge in [-0.3, -0.25) is 0 Å². The summed E-state index contributed by atoms with van der Waals surface area (Å²) in [7, 11) is 1.67. The number of amides is 2. The molecule has 2 amide bonds. The van der Waals surface area contributed by atoms with Gasteiger partial charge in [0.1, 0.15) is 0 Å². The number of anilines is 1. The van der Waals surface area contributed by atoms with E-state index in [4.69, 9.17) is 4.74 Å². The first-order valence-corrected chi connectivity index (χ1v) is 7.41. The summed E-state index contributed by atoms with van der Waals surface area (Å²) in [6.07, 6.45) is 5.07. The second kappa shape index (κ2) is 5.83. The lowest BCUT2D eigenvalue weighted by atomic mass is 10.1. The van der Waals surface area contributed by atoms with Gasteiger partial charge in [0.25, 0.3) is 0 Å². The van der Waals surface area contributed by atoms with Gasteiger partial charge in [-0.05, 0) is 55.2 Å². The molecule has 20 heavy (non-hydrogen) atoms. The molecule has 2 saturated carbocycles. The Labute approximate surface area is 119 Å². The standard InChI is InChI=1S/C16H22N2O2/c1-20-10-11-3-2-4-14(9-11)17-16(19)18-15(12-5-6-12)13-7-8-13/h2-4,9,12-13,15H,5-8,10H2,1H3,(H2,17,18,19). The van der Waals surface area contributed by atoms with Gasteiger partial charge in [0.15, 0.2) is 0 Å². The molecule has 0 bridgehead atoms. The highest BCUT2D eigenvalue weighted by Crippen LogP contribution is 2.44. The first-order valence-electron chi connectivity index (χ1n) is 7.41. The van der Waals surface area contributed by atoms with Crippen LogP contribution in [0, 0.1) is 11.8 Å². The van der Waals surface area contributed by atoms with Crippen LogP contribution in [0.5, 0.6) is 0 Å². The summed E-state index contributed by atoms with van der Waals surface area (Å²) in [4.78, 5) is 12.1. The molecule has 4 nitrogen and oxygen atoms in total. The van der Waals surface area contributed by atoms with E-state index in [1.807, 2.05) is 24.3 Å². The van der Waals surface area contributed by atoms with E-state index in [0.717, 1.165) is 11.3 Å². The number of ether oxygens (including phenoxy) is 1. The highest BCUT2D eigenvalue weighted by Gasteiger charge is 2.42. The average Bonchev–Trinajstić information content (AvgIpc) is 3.28. The van der Waals surface area contributed by atoms with Crippen molar-refractivity contribution in [3.63, 3.8) is 0 Å². The molecule has 0 unspecified atom stereocenters. The summed E-state index contributed by atoms with van der Waals surface area (Å²) in [5, 5.41) is 6.09. The summed E-state index contributed by atoms with van der Waals surface area (Å²) < 4.78 is 5.10. The van der Waals surface area contributed by atoms with Crippen molar-refractivity contribution in [1.82, 2.24) is 5.32 Å². The fourth-order valence-corrected chi connectivity index (χ4v) is 2.76. The van der Waals surface area contributed by atoms with E-state index < -0.39 is 0 Å². The Bertz CT molecular complexity index is 469. The van der Waals surface area contributed by atoms with E-state index in [1.165, 1.54) is 25.7 Å². The number of carbonyl (C=O) groups is 1. The van der Waals surface area contributed by atoms with Gasteiger partial charge in [-0.15, -0.1) is 0 Å². The Kier molecular flexibility index (Phi) is 3.92. The van der Waals surface area contributed by atoms with Gasteiger partial charge >= 0.3 is 6.03 Å². The molecule has 0 heterocycles. The second-order valence-corrected chi connectivity index (χ2v) is 5.93. The minimum Gasteiger partial charge on any atom is -0.380 e. The third-order valence-corrected chi connectivity index (χ3v) is 4.05. The Hall–Kier alpha value is -1.55. The molecule has 2 aliphatic rings. The summed E-state index contributed by atoms with van der Waals surface area (Å²) >= 11 is 0. The van der Waals surface area contributed by atoms with Crippen LogP contribution >= 0.6 is 0 Å². The number of urea groups is 1. The molecule has 0 aromatic heterocycles. The number of hydrogen-bond donors (Lipinski definition) is 2. The predicted octanol–water partition coefficient (Wildman–Crippen LogP) is 3.14. The zero-order valence-electron chi connectivity index (χ0n) is 11.9. The largest absolute Gasteiger partial charge is 0.380 e. The average molecular weight is 274 g/mol. The van der Waals surface area contributed by atoms with Gasteiger partial charge in [0.05, 0.1) is 6.61 Å². The smallest absolute Gasteiger partial charge is 0.319 e. The van der Waals surface area contributed by atoms with Crippen molar-refractivity contribution in [1.29, 1.82) is 0 Å². The van der Waals surface area contributed by atoms with E-state index in [1.54, 1.807) is 7.11 Å². The van der Waals surface area contributed by atoms with E-state index in [-0.39, 0.29) is 6.03 Å². The SMILES string of the molecule is COCc1cccc(NC(=O)NC(C2CC2)C2CC2)c1. The maximum Gasteiger partial charge on any atom is 0.319 e. The summed E-state index contributed by atoms with van der Waals surface area (Å²) in [5.74, 6) is 1.43.